The molecule has 6 nitrogen and oxygen atoms in total. The standard InChI is InChI=1S/C18H21N3O3/c1-19-10-12-20(13-11-19)17-4-2-3-5-18(17)24-14-15-6-8-16(9-7-15)21(22)23/h2-9H,10-14H2,1H3. The highest BCUT2D eigenvalue weighted by atomic mass is 16.6. The number of hydrogen-bond acceptors (Lipinski definition) is 5. The molecule has 0 aromatic heterocycles. The van der Waals surface area contributed by atoms with Crippen LogP contribution in [0, 0.1) is 10.1 Å². The van der Waals surface area contributed by atoms with Crippen LogP contribution in [-0.4, -0.2) is 43.0 Å². The molecule has 1 aliphatic rings. The molecule has 2 aromatic rings. The highest BCUT2D eigenvalue weighted by Crippen LogP contribution is 2.29. The second-order valence-corrected chi connectivity index (χ2v) is 5.97. The second kappa shape index (κ2) is 7.31. The van der Waals surface area contributed by atoms with Crippen molar-refractivity contribution in [1.82, 2.24) is 4.90 Å². The van der Waals surface area contributed by atoms with Crippen molar-refractivity contribution in [2.24, 2.45) is 0 Å². The average Bonchev–Trinajstić information content (AvgIpc) is 2.61. The molecule has 0 unspecified atom stereocenters. The number of benzene rings is 2. The molecule has 0 aliphatic carbocycles. The molecule has 0 radical (unpaired) electrons. The van der Waals surface area contributed by atoms with E-state index in [4.69, 9.17) is 4.74 Å². The van der Waals surface area contributed by atoms with Crippen molar-refractivity contribution < 1.29 is 9.66 Å². The molecule has 6 heteroatoms. The van der Waals surface area contributed by atoms with E-state index in [1.807, 2.05) is 18.2 Å². The summed E-state index contributed by atoms with van der Waals surface area (Å²) in [6, 6.07) is 14.5. The van der Waals surface area contributed by atoms with E-state index in [0.717, 1.165) is 43.2 Å². The highest BCUT2D eigenvalue weighted by molar-refractivity contribution is 5.58. The highest BCUT2D eigenvalue weighted by Gasteiger charge is 2.17. The van der Waals surface area contributed by atoms with Gasteiger partial charge in [0, 0.05) is 38.3 Å². The minimum absolute atomic E-state index is 0.0941. The van der Waals surface area contributed by atoms with Gasteiger partial charge in [-0.1, -0.05) is 12.1 Å². The molecule has 24 heavy (non-hydrogen) atoms. The number of nitrogens with zero attached hydrogens (tertiary/aromatic N) is 3. The number of para-hydroxylation sites is 2. The Kier molecular flexibility index (Phi) is 4.96. The molecule has 0 N–H and O–H groups in total. The van der Waals surface area contributed by atoms with Crippen LogP contribution >= 0.6 is 0 Å². The monoisotopic (exact) mass is 327 g/mol. The van der Waals surface area contributed by atoms with E-state index in [1.54, 1.807) is 12.1 Å². The molecule has 1 fully saturated rings. The average molecular weight is 327 g/mol. The van der Waals surface area contributed by atoms with Crippen LogP contribution in [0.2, 0.25) is 0 Å². The van der Waals surface area contributed by atoms with Gasteiger partial charge in [0.15, 0.2) is 0 Å². The Morgan fingerprint density at radius 1 is 1.04 bits per heavy atom. The van der Waals surface area contributed by atoms with Crippen molar-refractivity contribution >= 4 is 11.4 Å². The Morgan fingerprint density at radius 3 is 2.38 bits per heavy atom. The maximum absolute atomic E-state index is 10.7. The molecular weight excluding hydrogens is 306 g/mol. The zero-order valence-electron chi connectivity index (χ0n) is 13.7. The van der Waals surface area contributed by atoms with Gasteiger partial charge in [-0.2, -0.15) is 0 Å². The first-order chi connectivity index (χ1) is 11.6. The fourth-order valence-corrected chi connectivity index (χ4v) is 2.76. The number of hydrogen-bond donors (Lipinski definition) is 0. The summed E-state index contributed by atoms with van der Waals surface area (Å²) in [6.07, 6.45) is 0. The Morgan fingerprint density at radius 2 is 1.71 bits per heavy atom. The summed E-state index contributed by atoms with van der Waals surface area (Å²) < 4.78 is 5.98. The molecule has 0 saturated carbocycles. The molecule has 1 saturated heterocycles. The Balaban J connectivity index is 1.68. The van der Waals surface area contributed by atoms with E-state index < -0.39 is 4.92 Å². The van der Waals surface area contributed by atoms with Crippen LogP contribution in [0.1, 0.15) is 5.56 Å². The van der Waals surface area contributed by atoms with Crippen LogP contribution in [0.25, 0.3) is 0 Å². The molecule has 0 atom stereocenters. The summed E-state index contributed by atoms with van der Waals surface area (Å²) >= 11 is 0. The van der Waals surface area contributed by atoms with Crippen molar-refractivity contribution in [3.63, 3.8) is 0 Å². The van der Waals surface area contributed by atoms with E-state index in [9.17, 15) is 10.1 Å². The first kappa shape index (κ1) is 16.3. The lowest BCUT2D eigenvalue weighted by atomic mass is 10.2. The van der Waals surface area contributed by atoms with Crippen LogP contribution in [0.5, 0.6) is 5.75 Å². The summed E-state index contributed by atoms with van der Waals surface area (Å²) in [5.74, 6) is 0.848. The third-order valence-corrected chi connectivity index (χ3v) is 4.25. The van der Waals surface area contributed by atoms with Gasteiger partial charge < -0.3 is 14.5 Å². The van der Waals surface area contributed by atoms with Crippen molar-refractivity contribution in [2.45, 2.75) is 6.61 Å². The number of likely N-dealkylation sites (N-methyl/N-ethyl adjacent to an activating group) is 1. The molecule has 0 bridgehead atoms. The predicted octanol–water partition coefficient (Wildman–Crippen LogP) is 2.93. The summed E-state index contributed by atoms with van der Waals surface area (Å²) in [7, 11) is 2.13. The van der Waals surface area contributed by atoms with E-state index in [2.05, 4.69) is 22.9 Å². The van der Waals surface area contributed by atoms with Crippen molar-refractivity contribution in [3.05, 3.63) is 64.2 Å². The van der Waals surface area contributed by atoms with Gasteiger partial charge in [-0.25, -0.2) is 0 Å². The van der Waals surface area contributed by atoms with E-state index in [-0.39, 0.29) is 5.69 Å². The maximum Gasteiger partial charge on any atom is 0.269 e. The Bertz CT molecular complexity index is 695. The first-order valence-electron chi connectivity index (χ1n) is 8.02. The van der Waals surface area contributed by atoms with E-state index in [1.165, 1.54) is 12.1 Å². The lowest BCUT2D eigenvalue weighted by Crippen LogP contribution is -2.44. The number of rotatable bonds is 5. The van der Waals surface area contributed by atoms with E-state index in [0.29, 0.717) is 6.61 Å². The quantitative estimate of drug-likeness (QED) is 0.624. The summed E-state index contributed by atoms with van der Waals surface area (Å²) in [5.41, 5.74) is 2.11. The van der Waals surface area contributed by atoms with Gasteiger partial charge in [0.2, 0.25) is 0 Å². The number of ether oxygens (including phenoxy) is 1. The molecule has 2 aromatic carbocycles. The van der Waals surface area contributed by atoms with Crippen LogP contribution in [0.15, 0.2) is 48.5 Å². The zero-order chi connectivity index (χ0) is 16.9. The number of non-ortho nitro benzene ring substituents is 1. The minimum atomic E-state index is -0.396. The molecule has 1 heterocycles. The van der Waals surface area contributed by atoms with Gasteiger partial charge in [-0.3, -0.25) is 10.1 Å². The Hall–Kier alpha value is -2.60. The summed E-state index contributed by atoms with van der Waals surface area (Å²) in [6.45, 7) is 4.43. The molecule has 0 amide bonds. The van der Waals surface area contributed by atoms with E-state index >= 15 is 0 Å². The fourth-order valence-electron chi connectivity index (χ4n) is 2.76. The van der Waals surface area contributed by atoms with Gasteiger partial charge in [-0.15, -0.1) is 0 Å². The second-order valence-electron chi connectivity index (χ2n) is 5.97. The van der Waals surface area contributed by atoms with Gasteiger partial charge in [-0.05, 0) is 36.9 Å². The minimum Gasteiger partial charge on any atom is -0.487 e. The number of nitro groups is 1. The Labute approximate surface area is 141 Å². The van der Waals surface area contributed by atoms with Gasteiger partial charge in [0.1, 0.15) is 12.4 Å². The molecule has 0 spiro atoms. The SMILES string of the molecule is CN1CCN(c2ccccc2OCc2ccc([N+](=O)[O-])cc2)CC1. The van der Waals surface area contributed by atoms with Gasteiger partial charge in [0.25, 0.3) is 5.69 Å². The van der Waals surface area contributed by atoms with Gasteiger partial charge in [0.05, 0.1) is 10.6 Å². The number of piperazine rings is 1. The first-order valence-corrected chi connectivity index (χ1v) is 8.02. The normalized spacial score (nSPS) is 15.3. The summed E-state index contributed by atoms with van der Waals surface area (Å²) in [4.78, 5) is 15.0. The third kappa shape index (κ3) is 3.83. The van der Waals surface area contributed by atoms with Crippen molar-refractivity contribution in [3.8, 4) is 5.75 Å². The van der Waals surface area contributed by atoms with Crippen molar-refractivity contribution in [2.75, 3.05) is 38.1 Å². The fraction of sp³-hybridized carbons (Fsp3) is 0.333. The molecule has 126 valence electrons. The molecule has 1 aliphatic heterocycles. The summed E-state index contributed by atoms with van der Waals surface area (Å²) in [5, 5.41) is 10.7. The number of anilines is 1. The largest absolute Gasteiger partial charge is 0.487 e. The van der Waals surface area contributed by atoms with Crippen LogP contribution in [0.4, 0.5) is 11.4 Å². The predicted molar refractivity (Wildman–Crippen MR) is 93.6 cm³/mol. The van der Waals surface area contributed by atoms with Gasteiger partial charge >= 0.3 is 0 Å². The smallest absolute Gasteiger partial charge is 0.269 e. The van der Waals surface area contributed by atoms with Crippen LogP contribution in [0.3, 0.4) is 0 Å². The lowest BCUT2D eigenvalue weighted by molar-refractivity contribution is -0.384. The third-order valence-electron chi connectivity index (χ3n) is 4.25. The van der Waals surface area contributed by atoms with Crippen LogP contribution in [-0.2, 0) is 6.61 Å². The topological polar surface area (TPSA) is 58.8 Å². The van der Waals surface area contributed by atoms with Crippen LogP contribution < -0.4 is 9.64 Å². The lowest BCUT2D eigenvalue weighted by Gasteiger charge is -2.34. The molecular formula is C18H21N3O3. The zero-order valence-corrected chi connectivity index (χ0v) is 13.7. The maximum atomic E-state index is 10.7. The van der Waals surface area contributed by atoms with Crippen molar-refractivity contribution in [1.29, 1.82) is 0 Å². The molecule has 3 rings (SSSR count). The number of nitro benzene ring substituents is 1.